The Balaban J connectivity index is 2.29. The van der Waals surface area contributed by atoms with Gasteiger partial charge in [0, 0.05) is 44.5 Å². The third kappa shape index (κ3) is 11.5. The van der Waals surface area contributed by atoms with Gasteiger partial charge >= 0.3 is 0 Å². The van der Waals surface area contributed by atoms with Crippen LogP contribution in [0, 0.1) is 0 Å². The van der Waals surface area contributed by atoms with Gasteiger partial charge in [0.15, 0.2) is 0 Å². The van der Waals surface area contributed by atoms with Crippen molar-refractivity contribution in [3.63, 3.8) is 0 Å². The van der Waals surface area contributed by atoms with Crippen molar-refractivity contribution < 1.29 is 0 Å². The third-order valence-corrected chi connectivity index (χ3v) is 6.97. The summed E-state index contributed by atoms with van der Waals surface area (Å²) in [6.45, 7) is 15.3. The maximum atomic E-state index is 4.87. The van der Waals surface area contributed by atoms with Crippen molar-refractivity contribution in [2.45, 2.75) is 85.1 Å². The number of hydrogen-bond donors (Lipinski definition) is 0. The lowest BCUT2D eigenvalue weighted by Gasteiger charge is -2.31. The van der Waals surface area contributed by atoms with E-state index in [0.717, 1.165) is 38.1 Å². The van der Waals surface area contributed by atoms with Gasteiger partial charge < -0.3 is 0 Å². The number of allylic oxidation sites excluding steroid dienone is 11. The Kier molecular flexibility index (Phi) is 14.6. The van der Waals surface area contributed by atoms with Crippen molar-refractivity contribution in [2.75, 3.05) is 26.8 Å². The molecule has 2 aliphatic rings. The topological polar surface area (TPSA) is 31.2 Å². The number of aliphatic imine (C=N–C) groups is 1. The Morgan fingerprint density at radius 3 is 2.76 bits per heavy atom. The van der Waals surface area contributed by atoms with Crippen LogP contribution < -0.4 is 0 Å². The summed E-state index contributed by atoms with van der Waals surface area (Å²) in [6, 6.07) is 0.629. The Bertz CT molecular complexity index is 955. The van der Waals surface area contributed by atoms with E-state index in [0.29, 0.717) is 12.7 Å². The van der Waals surface area contributed by atoms with E-state index in [2.05, 4.69) is 79.9 Å². The van der Waals surface area contributed by atoms with Crippen molar-refractivity contribution in [2.24, 2.45) is 10.1 Å². The average molecular weight is 503 g/mol. The van der Waals surface area contributed by atoms with Gasteiger partial charge in [-0.15, -0.1) is 0 Å². The molecule has 4 nitrogen and oxygen atoms in total. The monoisotopic (exact) mass is 502 g/mol. The maximum absolute atomic E-state index is 4.87. The molecule has 2 rings (SSSR count). The minimum absolute atomic E-state index is 0.522. The average Bonchev–Trinajstić information content (AvgIpc) is 3.03. The van der Waals surface area contributed by atoms with Crippen LogP contribution in [0.3, 0.4) is 0 Å². The van der Waals surface area contributed by atoms with Gasteiger partial charge in [0.1, 0.15) is 6.67 Å². The van der Waals surface area contributed by atoms with Gasteiger partial charge in [0.2, 0.25) is 0 Å². The van der Waals surface area contributed by atoms with Crippen LogP contribution in [-0.2, 0) is 0 Å². The van der Waals surface area contributed by atoms with Crippen LogP contribution in [-0.4, -0.2) is 54.7 Å². The summed E-state index contributed by atoms with van der Waals surface area (Å²) in [4.78, 5) is 7.58. The van der Waals surface area contributed by atoms with Crippen LogP contribution in [0.25, 0.3) is 0 Å². The molecule has 0 aromatic rings. The van der Waals surface area contributed by atoms with Crippen molar-refractivity contribution >= 4 is 11.9 Å². The molecule has 0 saturated heterocycles. The van der Waals surface area contributed by atoms with E-state index in [4.69, 9.17) is 4.99 Å². The SMILES string of the molecule is C=C/C=C\C(C/C(=C\C=C/C)C1=CC2=CCC(=C1)CN(C(C)CCCCCC)CC2)=N/CN(C)/N=C\C. The van der Waals surface area contributed by atoms with E-state index in [1.807, 2.05) is 31.1 Å². The van der Waals surface area contributed by atoms with Gasteiger partial charge in [0.25, 0.3) is 0 Å². The molecule has 0 radical (unpaired) electrons. The molecule has 1 heterocycles. The van der Waals surface area contributed by atoms with Crippen LogP contribution >= 0.6 is 0 Å². The first kappa shape index (κ1) is 30.5. The molecular weight excluding hydrogens is 452 g/mol. The molecule has 0 N–H and O–H groups in total. The molecule has 0 aromatic heterocycles. The Morgan fingerprint density at radius 1 is 1.19 bits per heavy atom. The van der Waals surface area contributed by atoms with Gasteiger partial charge in [-0.25, -0.2) is 0 Å². The van der Waals surface area contributed by atoms with E-state index in [1.54, 1.807) is 6.21 Å². The Hall–Kier alpha value is -2.72. The summed E-state index contributed by atoms with van der Waals surface area (Å²) in [6.07, 6.45) is 31.0. The molecule has 202 valence electrons. The van der Waals surface area contributed by atoms with Gasteiger partial charge in [-0.1, -0.05) is 93.4 Å². The van der Waals surface area contributed by atoms with Gasteiger partial charge in [-0.2, -0.15) is 5.10 Å². The van der Waals surface area contributed by atoms with E-state index in [-0.39, 0.29) is 0 Å². The number of fused-ring (bicyclic) bond motifs is 2. The predicted octanol–water partition coefficient (Wildman–Crippen LogP) is 8.20. The lowest BCUT2D eigenvalue weighted by atomic mass is 9.96. The molecule has 1 atom stereocenters. The minimum atomic E-state index is 0.522. The van der Waals surface area contributed by atoms with Crippen LogP contribution in [0.5, 0.6) is 0 Å². The Labute approximate surface area is 227 Å². The normalized spacial score (nSPS) is 18.6. The number of hydrazone groups is 1. The predicted molar refractivity (Wildman–Crippen MR) is 164 cm³/mol. The first-order valence-corrected chi connectivity index (χ1v) is 14.2. The van der Waals surface area contributed by atoms with Gasteiger partial charge in [0.05, 0.1) is 0 Å². The standard InChI is InChI=1S/C33H50N4/c1-7-11-14-15-16-28(5)37-22-21-29-19-20-30(26-37)24-32(23-29)31(17-12-8-2)25-33(18-13-9-3)34-27-36(6)35-10-4/h8-10,12-13,17-19,23-24,28H,3,7,11,14-16,20-22,25-27H2,1-2,4-6H3/b12-8-,18-13-,31-17+,34-33+,35-10-. The van der Waals surface area contributed by atoms with Crippen molar-refractivity contribution in [1.29, 1.82) is 0 Å². The highest BCUT2D eigenvalue weighted by atomic mass is 15.5. The highest BCUT2D eigenvalue weighted by Gasteiger charge is 2.20. The summed E-state index contributed by atoms with van der Waals surface area (Å²) >= 11 is 0. The molecule has 1 aliphatic carbocycles. The van der Waals surface area contributed by atoms with Crippen molar-refractivity contribution in [1.82, 2.24) is 9.91 Å². The zero-order valence-electron chi connectivity index (χ0n) is 24.1. The largest absolute Gasteiger partial charge is 0.296 e. The molecule has 0 aromatic carbocycles. The quantitative estimate of drug-likeness (QED) is 0.0978. The fourth-order valence-corrected chi connectivity index (χ4v) is 4.79. The molecule has 0 spiro atoms. The summed E-state index contributed by atoms with van der Waals surface area (Å²) in [5, 5.41) is 6.15. The van der Waals surface area contributed by atoms with E-state index in [9.17, 15) is 0 Å². The van der Waals surface area contributed by atoms with Crippen LogP contribution in [0.15, 0.2) is 93.6 Å². The van der Waals surface area contributed by atoms with Gasteiger partial charge in [-0.3, -0.25) is 14.9 Å². The molecule has 1 unspecified atom stereocenters. The molecule has 0 fully saturated rings. The molecule has 37 heavy (non-hydrogen) atoms. The lowest BCUT2D eigenvalue weighted by molar-refractivity contribution is 0.213. The fourth-order valence-electron chi connectivity index (χ4n) is 4.79. The van der Waals surface area contributed by atoms with Crippen LogP contribution in [0.4, 0.5) is 0 Å². The smallest absolute Gasteiger partial charge is 0.126 e. The molecule has 0 amide bonds. The highest BCUT2D eigenvalue weighted by molar-refractivity contribution is 5.97. The van der Waals surface area contributed by atoms with E-state index >= 15 is 0 Å². The molecule has 1 aliphatic heterocycles. The second kappa shape index (κ2) is 17.7. The first-order chi connectivity index (χ1) is 18.0. The van der Waals surface area contributed by atoms with Crippen molar-refractivity contribution in [3.8, 4) is 0 Å². The second-order valence-corrected chi connectivity index (χ2v) is 10.1. The minimum Gasteiger partial charge on any atom is -0.296 e. The highest BCUT2D eigenvalue weighted by Crippen LogP contribution is 2.29. The van der Waals surface area contributed by atoms with Gasteiger partial charge in [-0.05, 0) is 62.8 Å². The molecule has 4 heteroatoms. The Morgan fingerprint density at radius 2 is 2.03 bits per heavy atom. The number of unbranched alkanes of at least 4 members (excludes halogenated alkanes) is 3. The number of hydrogen-bond acceptors (Lipinski definition) is 4. The number of nitrogens with zero attached hydrogens (tertiary/aromatic N) is 4. The summed E-state index contributed by atoms with van der Waals surface area (Å²) in [5.74, 6) is 0. The fraction of sp³-hybridized carbons (Fsp3) is 0.515. The third-order valence-electron chi connectivity index (χ3n) is 6.97. The number of rotatable bonds is 15. The first-order valence-electron chi connectivity index (χ1n) is 14.2. The zero-order chi connectivity index (χ0) is 26.9. The van der Waals surface area contributed by atoms with Crippen LogP contribution in [0.2, 0.25) is 0 Å². The second-order valence-electron chi connectivity index (χ2n) is 10.1. The van der Waals surface area contributed by atoms with Crippen LogP contribution in [0.1, 0.15) is 79.1 Å². The lowest BCUT2D eigenvalue weighted by Crippen LogP contribution is -2.36. The van der Waals surface area contributed by atoms with E-state index in [1.165, 1.54) is 54.4 Å². The maximum Gasteiger partial charge on any atom is 0.126 e. The summed E-state index contributed by atoms with van der Waals surface area (Å²) in [5.41, 5.74) is 6.58. The summed E-state index contributed by atoms with van der Waals surface area (Å²) in [7, 11) is 1.95. The summed E-state index contributed by atoms with van der Waals surface area (Å²) < 4.78 is 0. The molecule has 2 bridgehead atoms. The molecular formula is C33H50N4. The zero-order valence-corrected chi connectivity index (χ0v) is 24.1. The van der Waals surface area contributed by atoms with Crippen molar-refractivity contribution in [3.05, 3.63) is 83.6 Å². The molecule has 0 saturated carbocycles. The van der Waals surface area contributed by atoms with E-state index < -0.39 is 0 Å².